The van der Waals surface area contributed by atoms with Gasteiger partial charge < -0.3 is 44.3 Å². The van der Waals surface area contributed by atoms with Crippen molar-refractivity contribution in [3.8, 4) is 17.0 Å². The molecule has 12 heteroatoms. The average molecular weight is 576 g/mol. The van der Waals surface area contributed by atoms with Crippen molar-refractivity contribution >= 4 is 17.5 Å². The van der Waals surface area contributed by atoms with Crippen LogP contribution in [0.15, 0.2) is 30.3 Å². The molecular weight excluding hydrogens is 530 g/mol. The highest BCUT2D eigenvalue weighted by Crippen LogP contribution is 2.31. The summed E-state index contributed by atoms with van der Waals surface area (Å²) in [7, 11) is 0. The number of aromatic nitrogens is 2. The monoisotopic (exact) mass is 575 g/mol. The summed E-state index contributed by atoms with van der Waals surface area (Å²) in [5, 5.41) is 18.6. The lowest BCUT2D eigenvalue weighted by Crippen LogP contribution is -2.37. The first-order valence-electron chi connectivity index (χ1n) is 14.4. The Morgan fingerprint density at radius 3 is 2.54 bits per heavy atom. The number of hydrogen-bond donors (Lipinski definition) is 2. The molecule has 3 rings (SSSR count). The van der Waals surface area contributed by atoms with Crippen LogP contribution in [-0.2, 0) is 28.5 Å². The number of nitrogen functional groups attached to an aromatic ring is 1. The molecule has 0 bridgehead atoms. The van der Waals surface area contributed by atoms with Gasteiger partial charge in [0.1, 0.15) is 12.4 Å². The number of para-hydroxylation sites is 1. The smallest absolute Gasteiger partial charge is 0.332 e. The highest BCUT2D eigenvalue weighted by atomic mass is 16.6. The number of phenols is 1. The Bertz CT molecular complexity index is 1030. The summed E-state index contributed by atoms with van der Waals surface area (Å²) in [5.41, 5.74) is 8.24. The van der Waals surface area contributed by atoms with Crippen molar-refractivity contribution in [3.63, 3.8) is 0 Å². The maximum Gasteiger partial charge on any atom is 0.332 e. The fraction of sp³-hybridized carbons (Fsp3) is 0.621. The lowest BCUT2D eigenvalue weighted by atomic mass is 10.1. The van der Waals surface area contributed by atoms with Crippen LogP contribution in [0, 0.1) is 0 Å². The van der Waals surface area contributed by atoms with E-state index in [9.17, 15) is 9.90 Å². The Kier molecular flexibility index (Phi) is 15.2. The van der Waals surface area contributed by atoms with Crippen molar-refractivity contribution in [2.24, 2.45) is 0 Å². The number of benzene rings is 1. The van der Waals surface area contributed by atoms with Crippen molar-refractivity contribution in [1.29, 1.82) is 0 Å². The first-order chi connectivity index (χ1) is 20.1. The Balaban J connectivity index is 1.32. The van der Waals surface area contributed by atoms with Crippen LogP contribution < -0.4 is 10.6 Å². The number of aromatic hydroxyl groups is 1. The van der Waals surface area contributed by atoms with Gasteiger partial charge in [-0.15, -0.1) is 10.2 Å². The van der Waals surface area contributed by atoms with Crippen LogP contribution in [0.2, 0.25) is 0 Å². The van der Waals surface area contributed by atoms with Crippen LogP contribution in [0.25, 0.3) is 11.3 Å². The van der Waals surface area contributed by atoms with Gasteiger partial charge in [-0.2, -0.15) is 0 Å². The number of unbranched alkanes of at least 4 members (excludes halogenated alkanes) is 1. The van der Waals surface area contributed by atoms with E-state index in [0.29, 0.717) is 76.5 Å². The van der Waals surface area contributed by atoms with Crippen molar-refractivity contribution in [1.82, 2.24) is 15.1 Å². The molecule has 1 saturated heterocycles. The summed E-state index contributed by atoms with van der Waals surface area (Å²) < 4.78 is 27.0. The molecule has 0 aliphatic carbocycles. The minimum absolute atomic E-state index is 0.0480. The number of nitrogens with zero attached hydrogens (tertiary/aromatic N) is 4. The fourth-order valence-corrected chi connectivity index (χ4v) is 4.45. The molecule has 1 fully saturated rings. The zero-order chi connectivity index (χ0) is 29.1. The normalized spacial score (nSPS) is 15.1. The van der Waals surface area contributed by atoms with Crippen LogP contribution in [0.4, 0.5) is 11.5 Å². The van der Waals surface area contributed by atoms with Gasteiger partial charge >= 0.3 is 5.97 Å². The zero-order valence-corrected chi connectivity index (χ0v) is 24.2. The Morgan fingerprint density at radius 1 is 0.976 bits per heavy atom. The van der Waals surface area contributed by atoms with Crippen molar-refractivity contribution in [2.45, 2.75) is 26.2 Å². The highest BCUT2D eigenvalue weighted by Gasteiger charge is 2.17. The molecule has 12 nitrogen and oxygen atoms in total. The van der Waals surface area contributed by atoms with E-state index in [0.717, 1.165) is 51.1 Å². The van der Waals surface area contributed by atoms with Gasteiger partial charge in [0.25, 0.3) is 0 Å². The first-order valence-corrected chi connectivity index (χ1v) is 14.4. The number of esters is 1. The minimum Gasteiger partial charge on any atom is -0.507 e. The number of anilines is 2. The molecule has 2 aromatic rings. The van der Waals surface area contributed by atoms with Gasteiger partial charge in [-0.05, 0) is 57.5 Å². The second-order valence-electron chi connectivity index (χ2n) is 9.60. The highest BCUT2D eigenvalue weighted by molar-refractivity contribution is 5.74. The molecule has 3 N–H and O–H groups in total. The van der Waals surface area contributed by atoms with E-state index in [1.807, 2.05) is 18.2 Å². The van der Waals surface area contributed by atoms with Gasteiger partial charge in [-0.1, -0.05) is 12.1 Å². The molecule has 0 atom stereocenters. The minimum atomic E-state index is -0.361. The summed E-state index contributed by atoms with van der Waals surface area (Å²) in [6, 6.07) is 8.98. The molecular formula is C29H45N5O7. The van der Waals surface area contributed by atoms with Gasteiger partial charge in [0.2, 0.25) is 0 Å². The van der Waals surface area contributed by atoms with Crippen LogP contribution in [0.3, 0.4) is 0 Å². The van der Waals surface area contributed by atoms with E-state index in [-0.39, 0.29) is 18.3 Å². The molecule has 228 valence electrons. The van der Waals surface area contributed by atoms with E-state index in [4.69, 9.17) is 29.4 Å². The molecule has 1 aliphatic heterocycles. The predicted octanol–water partition coefficient (Wildman–Crippen LogP) is 2.35. The van der Waals surface area contributed by atoms with Gasteiger partial charge in [0.05, 0.1) is 57.6 Å². The van der Waals surface area contributed by atoms with Crippen LogP contribution >= 0.6 is 0 Å². The number of rotatable bonds is 16. The van der Waals surface area contributed by atoms with Crippen molar-refractivity contribution in [2.75, 3.05) is 103 Å². The summed E-state index contributed by atoms with van der Waals surface area (Å²) >= 11 is 0. The topological polar surface area (TPSA) is 142 Å². The fourth-order valence-electron chi connectivity index (χ4n) is 4.45. The maximum absolute atomic E-state index is 11.2. The molecule has 1 aromatic heterocycles. The number of hydrogen-bond acceptors (Lipinski definition) is 12. The molecule has 0 spiro atoms. The van der Waals surface area contributed by atoms with E-state index in [2.05, 4.69) is 20.0 Å². The molecule has 1 aromatic carbocycles. The Labute approximate surface area is 242 Å². The molecule has 0 unspecified atom stereocenters. The Hall–Kier alpha value is -3.03. The molecule has 2 heterocycles. The van der Waals surface area contributed by atoms with Crippen LogP contribution in [0.1, 0.15) is 26.2 Å². The third-order valence-electron chi connectivity index (χ3n) is 6.56. The van der Waals surface area contributed by atoms with Gasteiger partial charge in [0.15, 0.2) is 5.82 Å². The van der Waals surface area contributed by atoms with Crippen LogP contribution in [0.5, 0.6) is 5.75 Å². The molecule has 1 aliphatic rings. The molecule has 0 radical (unpaired) electrons. The maximum atomic E-state index is 11.2. The number of phenolic OH excluding ortho intramolecular Hbond substituents is 1. The predicted molar refractivity (Wildman–Crippen MR) is 156 cm³/mol. The second kappa shape index (κ2) is 19.2. The number of carbonyl (C=O) groups is 1. The summed E-state index contributed by atoms with van der Waals surface area (Å²) in [5.74, 6) is 0.163. The SMILES string of the molecule is CCOC(=O)COCCOCCOCCCCN1CCCN(c2cc(-c3ccccc3O)nnc2N)CCOCC1. The second-order valence-corrected chi connectivity index (χ2v) is 9.60. The number of nitrogens with two attached hydrogens (primary N) is 1. The Morgan fingerprint density at radius 2 is 1.73 bits per heavy atom. The van der Waals surface area contributed by atoms with Crippen molar-refractivity contribution < 1.29 is 33.6 Å². The largest absolute Gasteiger partial charge is 0.507 e. The third kappa shape index (κ3) is 12.2. The van der Waals surface area contributed by atoms with Gasteiger partial charge in [-0.3, -0.25) is 0 Å². The average Bonchev–Trinajstić information content (AvgIpc) is 2.97. The number of ether oxygens (including phenoxy) is 5. The lowest BCUT2D eigenvalue weighted by Gasteiger charge is -2.30. The van der Waals surface area contributed by atoms with Crippen molar-refractivity contribution in [3.05, 3.63) is 30.3 Å². The lowest BCUT2D eigenvalue weighted by molar-refractivity contribution is -0.149. The first kappa shape index (κ1) is 32.5. The summed E-state index contributed by atoms with van der Waals surface area (Å²) in [6.45, 7) is 10.2. The van der Waals surface area contributed by atoms with E-state index < -0.39 is 0 Å². The zero-order valence-electron chi connectivity index (χ0n) is 24.2. The summed E-state index contributed by atoms with van der Waals surface area (Å²) in [6.07, 6.45) is 2.99. The third-order valence-corrected chi connectivity index (χ3v) is 6.56. The standard InChI is InChI=1S/C29H45N5O7/c1-2-41-28(36)23-40-21-20-39-19-18-37-15-6-5-10-33-11-7-12-34(14-17-38-16-13-33)26-22-25(31-32-29(26)30)24-8-3-4-9-27(24)35/h3-4,8-9,22,35H,2,5-7,10-21,23H2,1H3,(H2,30,32). The molecule has 0 amide bonds. The van der Waals surface area contributed by atoms with E-state index in [1.165, 1.54) is 0 Å². The quantitative estimate of drug-likeness (QED) is 0.224. The van der Waals surface area contributed by atoms with Gasteiger partial charge in [-0.25, -0.2) is 4.79 Å². The van der Waals surface area contributed by atoms with E-state index in [1.54, 1.807) is 19.1 Å². The van der Waals surface area contributed by atoms with E-state index >= 15 is 0 Å². The molecule has 41 heavy (non-hydrogen) atoms. The van der Waals surface area contributed by atoms with Crippen LogP contribution in [-0.4, -0.2) is 118 Å². The molecule has 0 saturated carbocycles. The van der Waals surface area contributed by atoms with Gasteiger partial charge in [0, 0.05) is 31.8 Å². The number of carbonyl (C=O) groups excluding carboxylic acids is 1. The summed E-state index contributed by atoms with van der Waals surface area (Å²) in [4.78, 5) is 15.8.